The SMILES string of the molecule is CCCn1nncc1C(CC1CCSCC1)NC. The molecule has 1 aliphatic rings. The van der Waals surface area contributed by atoms with Gasteiger partial charge in [0.25, 0.3) is 0 Å². The maximum atomic E-state index is 4.19. The minimum Gasteiger partial charge on any atom is -0.312 e. The lowest BCUT2D eigenvalue weighted by Crippen LogP contribution is -2.24. The van der Waals surface area contributed by atoms with Crippen LogP contribution in [0.1, 0.15) is 44.3 Å². The molecule has 0 aliphatic carbocycles. The summed E-state index contributed by atoms with van der Waals surface area (Å²) in [4.78, 5) is 0. The van der Waals surface area contributed by atoms with Crippen molar-refractivity contribution in [3.05, 3.63) is 11.9 Å². The van der Waals surface area contributed by atoms with E-state index in [1.54, 1.807) is 0 Å². The molecule has 0 spiro atoms. The molecule has 0 amide bonds. The molecule has 1 aromatic heterocycles. The standard InChI is InChI=1S/C13H24N4S/c1-3-6-17-13(10-15-16-17)12(14-2)9-11-4-7-18-8-5-11/h10-12,14H,3-9H2,1-2H3. The van der Waals surface area contributed by atoms with E-state index in [2.05, 4.69) is 39.0 Å². The molecule has 0 bridgehead atoms. The molecule has 2 rings (SSSR count). The number of nitrogens with one attached hydrogen (secondary N) is 1. The third kappa shape index (κ3) is 3.48. The van der Waals surface area contributed by atoms with E-state index >= 15 is 0 Å². The van der Waals surface area contributed by atoms with E-state index in [0.29, 0.717) is 6.04 Å². The van der Waals surface area contributed by atoms with E-state index in [9.17, 15) is 0 Å². The molecule has 1 atom stereocenters. The Morgan fingerprint density at radius 2 is 2.28 bits per heavy atom. The predicted molar refractivity (Wildman–Crippen MR) is 76.8 cm³/mol. The van der Waals surface area contributed by atoms with E-state index in [4.69, 9.17) is 0 Å². The lowest BCUT2D eigenvalue weighted by molar-refractivity contribution is 0.366. The van der Waals surface area contributed by atoms with Crippen molar-refractivity contribution in [1.82, 2.24) is 20.3 Å². The monoisotopic (exact) mass is 268 g/mol. The zero-order chi connectivity index (χ0) is 12.8. The molecular weight excluding hydrogens is 244 g/mol. The Morgan fingerprint density at radius 1 is 1.50 bits per heavy atom. The quantitative estimate of drug-likeness (QED) is 0.861. The number of aryl methyl sites for hydroxylation is 1. The molecule has 1 aromatic rings. The molecule has 0 aromatic carbocycles. The van der Waals surface area contributed by atoms with E-state index in [0.717, 1.165) is 18.9 Å². The van der Waals surface area contributed by atoms with Gasteiger partial charge in [0.05, 0.1) is 17.9 Å². The number of rotatable bonds is 6. The lowest BCUT2D eigenvalue weighted by atomic mass is 9.93. The van der Waals surface area contributed by atoms with Crippen LogP contribution in [0.5, 0.6) is 0 Å². The van der Waals surface area contributed by atoms with Gasteiger partial charge in [-0.2, -0.15) is 11.8 Å². The van der Waals surface area contributed by atoms with Crippen molar-refractivity contribution < 1.29 is 0 Å². The molecular formula is C13H24N4S. The third-order valence-electron chi connectivity index (χ3n) is 3.70. The largest absolute Gasteiger partial charge is 0.312 e. The van der Waals surface area contributed by atoms with Gasteiger partial charge in [0.1, 0.15) is 0 Å². The molecule has 2 heterocycles. The van der Waals surface area contributed by atoms with Crippen molar-refractivity contribution in [2.24, 2.45) is 5.92 Å². The van der Waals surface area contributed by atoms with Crippen LogP contribution >= 0.6 is 11.8 Å². The average molecular weight is 268 g/mol. The summed E-state index contributed by atoms with van der Waals surface area (Å²) in [5.74, 6) is 3.51. The predicted octanol–water partition coefficient (Wildman–Crippen LogP) is 2.48. The molecule has 4 nitrogen and oxygen atoms in total. The summed E-state index contributed by atoms with van der Waals surface area (Å²) < 4.78 is 2.05. The smallest absolute Gasteiger partial charge is 0.0756 e. The highest BCUT2D eigenvalue weighted by Gasteiger charge is 2.22. The molecule has 0 saturated carbocycles. The van der Waals surface area contributed by atoms with Crippen LogP contribution < -0.4 is 5.32 Å². The minimum atomic E-state index is 0.402. The molecule has 1 saturated heterocycles. The Labute approximate surface area is 114 Å². The number of hydrogen-bond acceptors (Lipinski definition) is 4. The van der Waals surface area contributed by atoms with E-state index in [1.807, 2.05) is 13.2 Å². The van der Waals surface area contributed by atoms with Gasteiger partial charge in [-0.3, -0.25) is 0 Å². The summed E-state index contributed by atoms with van der Waals surface area (Å²) in [6, 6.07) is 0.402. The second-order valence-corrected chi connectivity index (χ2v) is 6.24. The molecule has 1 unspecified atom stereocenters. The minimum absolute atomic E-state index is 0.402. The number of aromatic nitrogens is 3. The fourth-order valence-corrected chi connectivity index (χ4v) is 3.83. The highest BCUT2D eigenvalue weighted by atomic mass is 32.2. The zero-order valence-corrected chi connectivity index (χ0v) is 12.2. The van der Waals surface area contributed by atoms with Crippen LogP contribution in [-0.4, -0.2) is 33.5 Å². The Kier molecular flexibility index (Phi) is 5.50. The summed E-state index contributed by atoms with van der Waals surface area (Å²) >= 11 is 2.09. The van der Waals surface area contributed by atoms with Crippen LogP contribution in [0, 0.1) is 5.92 Å². The Bertz CT molecular complexity index is 347. The van der Waals surface area contributed by atoms with Gasteiger partial charge in [-0.05, 0) is 50.2 Å². The molecule has 102 valence electrons. The van der Waals surface area contributed by atoms with Crippen molar-refractivity contribution in [3.8, 4) is 0 Å². The van der Waals surface area contributed by atoms with Gasteiger partial charge in [0, 0.05) is 6.54 Å². The summed E-state index contributed by atoms with van der Waals surface area (Å²) in [7, 11) is 2.05. The second-order valence-electron chi connectivity index (χ2n) is 5.01. The Balaban J connectivity index is 2.00. The molecule has 5 heteroatoms. The van der Waals surface area contributed by atoms with Crippen molar-refractivity contribution >= 4 is 11.8 Å². The summed E-state index contributed by atoms with van der Waals surface area (Å²) in [6.07, 6.45) is 6.96. The average Bonchev–Trinajstić information content (AvgIpc) is 2.86. The first-order chi connectivity index (χ1) is 8.85. The molecule has 1 fully saturated rings. The van der Waals surface area contributed by atoms with Crippen LogP contribution in [-0.2, 0) is 6.54 Å². The van der Waals surface area contributed by atoms with Crippen LogP contribution in [0.3, 0.4) is 0 Å². The van der Waals surface area contributed by atoms with Gasteiger partial charge in [-0.15, -0.1) is 5.10 Å². The molecule has 0 radical (unpaired) electrons. The highest BCUT2D eigenvalue weighted by Crippen LogP contribution is 2.30. The van der Waals surface area contributed by atoms with Gasteiger partial charge < -0.3 is 5.32 Å². The van der Waals surface area contributed by atoms with E-state index in [-0.39, 0.29) is 0 Å². The van der Waals surface area contributed by atoms with Crippen molar-refractivity contribution in [2.75, 3.05) is 18.6 Å². The van der Waals surface area contributed by atoms with Gasteiger partial charge >= 0.3 is 0 Å². The van der Waals surface area contributed by atoms with Crippen LogP contribution in [0.4, 0.5) is 0 Å². The fourth-order valence-electron chi connectivity index (χ4n) is 2.62. The second kappa shape index (κ2) is 7.14. The fraction of sp³-hybridized carbons (Fsp3) is 0.846. The molecule has 1 N–H and O–H groups in total. The lowest BCUT2D eigenvalue weighted by Gasteiger charge is -2.26. The first-order valence-corrected chi connectivity index (χ1v) is 8.14. The van der Waals surface area contributed by atoms with Crippen LogP contribution in [0.25, 0.3) is 0 Å². The zero-order valence-electron chi connectivity index (χ0n) is 11.4. The first-order valence-electron chi connectivity index (χ1n) is 6.98. The first kappa shape index (κ1) is 13.9. The summed E-state index contributed by atoms with van der Waals surface area (Å²) in [5, 5.41) is 11.7. The number of nitrogens with zero attached hydrogens (tertiary/aromatic N) is 3. The van der Waals surface area contributed by atoms with Gasteiger partial charge in [0.2, 0.25) is 0 Å². The summed E-state index contributed by atoms with van der Waals surface area (Å²) in [5.41, 5.74) is 1.25. The summed E-state index contributed by atoms with van der Waals surface area (Å²) in [6.45, 7) is 3.15. The van der Waals surface area contributed by atoms with E-state index in [1.165, 1.54) is 36.5 Å². The highest BCUT2D eigenvalue weighted by molar-refractivity contribution is 7.99. The van der Waals surface area contributed by atoms with Gasteiger partial charge in [-0.1, -0.05) is 12.1 Å². The maximum Gasteiger partial charge on any atom is 0.0756 e. The van der Waals surface area contributed by atoms with Gasteiger partial charge in [0.15, 0.2) is 0 Å². The maximum absolute atomic E-state index is 4.19. The third-order valence-corrected chi connectivity index (χ3v) is 4.75. The normalized spacial score (nSPS) is 19.0. The molecule has 18 heavy (non-hydrogen) atoms. The van der Waals surface area contributed by atoms with Crippen LogP contribution in [0.2, 0.25) is 0 Å². The van der Waals surface area contributed by atoms with Crippen molar-refractivity contribution in [1.29, 1.82) is 0 Å². The number of thioether (sulfide) groups is 1. The topological polar surface area (TPSA) is 42.7 Å². The van der Waals surface area contributed by atoms with Crippen LogP contribution in [0.15, 0.2) is 6.20 Å². The number of hydrogen-bond donors (Lipinski definition) is 1. The Morgan fingerprint density at radius 3 is 2.94 bits per heavy atom. The van der Waals surface area contributed by atoms with Crippen molar-refractivity contribution in [2.45, 2.75) is 45.2 Å². The van der Waals surface area contributed by atoms with Crippen molar-refractivity contribution in [3.63, 3.8) is 0 Å². The molecule has 1 aliphatic heterocycles. The van der Waals surface area contributed by atoms with E-state index < -0.39 is 0 Å². The Hall–Kier alpha value is -0.550. The van der Waals surface area contributed by atoms with Gasteiger partial charge in [-0.25, -0.2) is 4.68 Å².